The highest BCUT2D eigenvalue weighted by Crippen LogP contribution is 2.47. The molecule has 0 aliphatic carbocycles. The molecule has 2 aromatic heterocycles. The number of hydrogen-bond donors (Lipinski definition) is 0. The molecule has 3 fully saturated rings. The molecule has 0 spiro atoms. The van der Waals surface area contributed by atoms with Crippen LogP contribution in [-0.2, 0) is 24.8 Å². The molecule has 0 aromatic carbocycles. The van der Waals surface area contributed by atoms with Gasteiger partial charge in [0, 0.05) is 54.8 Å². The van der Waals surface area contributed by atoms with Crippen LogP contribution in [0.15, 0.2) is 24.7 Å². The number of fused-ring (bicyclic) bond motifs is 1. The van der Waals surface area contributed by atoms with Crippen LogP contribution in [0.25, 0.3) is 0 Å². The molecule has 3 saturated heterocycles. The lowest BCUT2D eigenvalue weighted by Gasteiger charge is -2.49. The number of carbonyl (C=O) groups is 1. The molecule has 38 heavy (non-hydrogen) atoms. The van der Waals surface area contributed by atoms with Gasteiger partial charge in [-0.3, -0.25) is 4.79 Å². The first kappa shape index (κ1) is 25.5. The SMILES string of the molecule is C[C@@H]1CN(c2ncnc3c2C(C)(C)CN3c2ccc(C3COC3)cn2)[C@@H](C)CN1C(=O)[C@]1(C)CCS1(=O)=O. The summed E-state index contributed by atoms with van der Waals surface area (Å²) >= 11 is 0. The first-order chi connectivity index (χ1) is 17.9. The average molecular weight is 541 g/mol. The fraction of sp³-hybridized carbons (Fsp3) is 0.630. The summed E-state index contributed by atoms with van der Waals surface area (Å²) in [4.78, 5) is 33.8. The molecular weight excluding hydrogens is 504 g/mol. The zero-order chi connectivity index (χ0) is 27.0. The Morgan fingerprint density at radius 3 is 2.34 bits per heavy atom. The Morgan fingerprint density at radius 2 is 1.76 bits per heavy atom. The number of anilines is 3. The molecule has 4 aliphatic heterocycles. The fourth-order valence-electron chi connectivity index (χ4n) is 6.18. The number of pyridine rings is 1. The molecule has 0 bridgehead atoms. The number of nitrogens with zero attached hydrogens (tertiary/aromatic N) is 6. The first-order valence-corrected chi connectivity index (χ1v) is 15.0. The van der Waals surface area contributed by atoms with Crippen LogP contribution in [0.4, 0.5) is 17.5 Å². The van der Waals surface area contributed by atoms with Crippen molar-refractivity contribution in [2.75, 3.05) is 48.4 Å². The highest BCUT2D eigenvalue weighted by molar-refractivity contribution is 7.95. The van der Waals surface area contributed by atoms with Crippen molar-refractivity contribution in [3.05, 3.63) is 35.8 Å². The zero-order valence-electron chi connectivity index (χ0n) is 22.7. The van der Waals surface area contributed by atoms with Gasteiger partial charge in [-0.2, -0.15) is 0 Å². The second kappa shape index (κ2) is 8.61. The van der Waals surface area contributed by atoms with E-state index in [1.165, 1.54) is 5.56 Å². The number of amides is 1. The summed E-state index contributed by atoms with van der Waals surface area (Å²) in [6.07, 6.45) is 3.94. The Hall–Kier alpha value is -2.79. The number of sulfone groups is 1. The van der Waals surface area contributed by atoms with Gasteiger partial charge < -0.3 is 19.4 Å². The molecule has 6 heterocycles. The van der Waals surface area contributed by atoms with E-state index in [9.17, 15) is 13.2 Å². The summed E-state index contributed by atoms with van der Waals surface area (Å²) in [6, 6.07) is 4.01. The summed E-state index contributed by atoms with van der Waals surface area (Å²) in [5.41, 5.74) is 2.05. The Morgan fingerprint density at radius 1 is 1.03 bits per heavy atom. The molecule has 0 saturated carbocycles. The van der Waals surface area contributed by atoms with Gasteiger partial charge in [0.2, 0.25) is 5.91 Å². The van der Waals surface area contributed by atoms with Crippen LogP contribution in [0.2, 0.25) is 0 Å². The molecule has 11 heteroatoms. The molecular formula is C27H36N6O4S. The molecule has 6 rings (SSSR count). The number of rotatable bonds is 4. The maximum atomic E-state index is 13.4. The summed E-state index contributed by atoms with van der Waals surface area (Å²) in [5.74, 6) is 2.83. The lowest BCUT2D eigenvalue weighted by molar-refractivity contribution is -0.137. The van der Waals surface area contributed by atoms with E-state index in [-0.39, 0.29) is 29.2 Å². The summed E-state index contributed by atoms with van der Waals surface area (Å²) in [6.45, 7) is 13.3. The molecule has 10 nitrogen and oxygen atoms in total. The van der Waals surface area contributed by atoms with Crippen LogP contribution >= 0.6 is 0 Å². The largest absolute Gasteiger partial charge is 0.380 e. The third-order valence-corrected chi connectivity index (χ3v) is 11.4. The minimum absolute atomic E-state index is 0.0347. The summed E-state index contributed by atoms with van der Waals surface area (Å²) in [5, 5.41) is 0. The Kier molecular flexibility index (Phi) is 5.77. The van der Waals surface area contributed by atoms with E-state index < -0.39 is 14.6 Å². The van der Waals surface area contributed by atoms with Gasteiger partial charge in [-0.05, 0) is 38.8 Å². The van der Waals surface area contributed by atoms with Crippen LogP contribution in [0.5, 0.6) is 0 Å². The van der Waals surface area contributed by atoms with E-state index in [0.717, 1.165) is 42.8 Å². The molecule has 1 amide bonds. The number of piperazine rings is 1. The van der Waals surface area contributed by atoms with Gasteiger partial charge in [0.05, 0.1) is 19.0 Å². The van der Waals surface area contributed by atoms with Crippen LogP contribution in [0.1, 0.15) is 58.1 Å². The second-order valence-corrected chi connectivity index (χ2v) is 14.7. The van der Waals surface area contributed by atoms with Gasteiger partial charge in [-0.25, -0.2) is 23.4 Å². The molecule has 0 radical (unpaired) electrons. The number of hydrogen-bond acceptors (Lipinski definition) is 9. The number of carbonyl (C=O) groups excluding carboxylic acids is 1. The third-order valence-electron chi connectivity index (χ3n) is 8.96. The Labute approximate surface area is 224 Å². The lowest BCUT2D eigenvalue weighted by atomic mass is 9.87. The van der Waals surface area contributed by atoms with Crippen molar-refractivity contribution in [1.29, 1.82) is 0 Å². The maximum Gasteiger partial charge on any atom is 0.244 e. The summed E-state index contributed by atoms with van der Waals surface area (Å²) in [7, 11) is -3.38. The predicted molar refractivity (Wildman–Crippen MR) is 145 cm³/mol. The average Bonchev–Trinajstić information content (AvgIpc) is 3.14. The number of ether oxygens (including phenoxy) is 1. The topological polar surface area (TPSA) is 109 Å². The molecule has 0 unspecified atom stereocenters. The minimum atomic E-state index is -3.38. The van der Waals surface area contributed by atoms with E-state index in [0.29, 0.717) is 25.4 Å². The number of aromatic nitrogens is 3. The fourth-order valence-corrected chi connectivity index (χ4v) is 7.72. The van der Waals surface area contributed by atoms with Crippen molar-refractivity contribution in [3.63, 3.8) is 0 Å². The highest BCUT2D eigenvalue weighted by atomic mass is 32.2. The van der Waals surface area contributed by atoms with Crippen molar-refractivity contribution < 1.29 is 17.9 Å². The van der Waals surface area contributed by atoms with Gasteiger partial charge in [0.1, 0.15) is 28.5 Å². The smallest absolute Gasteiger partial charge is 0.244 e. The van der Waals surface area contributed by atoms with Gasteiger partial charge in [0.25, 0.3) is 0 Å². The van der Waals surface area contributed by atoms with E-state index in [2.05, 4.69) is 42.7 Å². The monoisotopic (exact) mass is 540 g/mol. The minimum Gasteiger partial charge on any atom is -0.380 e. The van der Waals surface area contributed by atoms with E-state index in [1.54, 1.807) is 18.2 Å². The van der Waals surface area contributed by atoms with Crippen LogP contribution in [0.3, 0.4) is 0 Å². The van der Waals surface area contributed by atoms with Crippen LogP contribution in [-0.4, -0.2) is 89.6 Å². The standard InChI is InChI=1S/C27H36N6O4S/c1-17-12-32(25(34)27(5)8-9-38(27,35)36)18(2)11-31(17)23-22-24(30-16-29-23)33(15-26(22,3)4)21-7-6-19(10-28-21)20-13-37-14-20/h6-7,10,16-18,20H,8-9,11-15H2,1-5H3/t17-,18+,27-/m0/s1. The van der Waals surface area contributed by atoms with Crippen molar-refractivity contribution in [2.24, 2.45) is 0 Å². The van der Waals surface area contributed by atoms with Crippen molar-refractivity contribution in [1.82, 2.24) is 19.9 Å². The molecule has 2 aromatic rings. The van der Waals surface area contributed by atoms with Crippen LogP contribution in [0, 0.1) is 0 Å². The lowest BCUT2D eigenvalue weighted by Crippen LogP contribution is -2.66. The predicted octanol–water partition coefficient (Wildman–Crippen LogP) is 2.42. The molecule has 3 atom stereocenters. The van der Waals surface area contributed by atoms with E-state index >= 15 is 0 Å². The van der Waals surface area contributed by atoms with Gasteiger partial charge in [-0.1, -0.05) is 19.9 Å². The highest BCUT2D eigenvalue weighted by Gasteiger charge is 2.57. The van der Waals surface area contributed by atoms with Gasteiger partial charge >= 0.3 is 0 Å². The Balaban J connectivity index is 1.28. The maximum absolute atomic E-state index is 13.4. The van der Waals surface area contributed by atoms with Crippen molar-refractivity contribution in [2.45, 2.75) is 69.2 Å². The van der Waals surface area contributed by atoms with Gasteiger partial charge in [0.15, 0.2) is 9.84 Å². The molecule has 204 valence electrons. The van der Waals surface area contributed by atoms with Crippen molar-refractivity contribution in [3.8, 4) is 0 Å². The summed E-state index contributed by atoms with van der Waals surface area (Å²) < 4.78 is 28.9. The second-order valence-electron chi connectivity index (χ2n) is 12.2. The Bertz CT molecular complexity index is 1380. The molecule has 4 aliphatic rings. The third kappa shape index (κ3) is 3.72. The van der Waals surface area contributed by atoms with Crippen molar-refractivity contribution >= 4 is 33.2 Å². The van der Waals surface area contributed by atoms with E-state index in [4.69, 9.17) is 19.7 Å². The van der Waals surface area contributed by atoms with Crippen LogP contribution < -0.4 is 9.80 Å². The first-order valence-electron chi connectivity index (χ1n) is 13.4. The molecule has 0 N–H and O–H groups in total. The van der Waals surface area contributed by atoms with E-state index in [1.807, 2.05) is 13.1 Å². The zero-order valence-corrected chi connectivity index (χ0v) is 23.5. The normalized spacial score (nSPS) is 30.0. The quantitative estimate of drug-likeness (QED) is 0.578. The van der Waals surface area contributed by atoms with Gasteiger partial charge in [-0.15, -0.1) is 0 Å².